The zero-order valence-corrected chi connectivity index (χ0v) is 8.81. The van der Waals surface area contributed by atoms with E-state index >= 15 is 0 Å². The quantitative estimate of drug-likeness (QED) is 0.592. The summed E-state index contributed by atoms with van der Waals surface area (Å²) in [5.41, 5.74) is 2.78. The Hall–Kier alpha value is -0.790. The van der Waals surface area contributed by atoms with Crippen molar-refractivity contribution in [2.75, 3.05) is 0 Å². The molecule has 1 heterocycles. The van der Waals surface area contributed by atoms with Gasteiger partial charge in [-0.15, -0.1) is 0 Å². The maximum atomic E-state index is 2.38. The summed E-state index contributed by atoms with van der Waals surface area (Å²) in [4.78, 5) is 0. The molecule has 2 nitrogen and oxygen atoms in total. The van der Waals surface area contributed by atoms with Gasteiger partial charge in [0, 0.05) is 20.8 Å². The number of aromatic nitrogens is 2. The minimum absolute atomic E-state index is 1.14. The van der Waals surface area contributed by atoms with E-state index in [1.165, 1.54) is 23.6 Å². The van der Waals surface area contributed by atoms with Crippen molar-refractivity contribution in [3.05, 3.63) is 17.2 Å². The summed E-state index contributed by atoms with van der Waals surface area (Å²) in [5, 5.41) is 0. The summed E-state index contributed by atoms with van der Waals surface area (Å²) in [6.07, 6.45) is 1.20. The molecule has 0 unspecified atom stereocenters. The van der Waals surface area contributed by atoms with Crippen molar-refractivity contribution in [2.24, 2.45) is 7.05 Å². The van der Waals surface area contributed by atoms with Gasteiger partial charge in [0.05, 0.1) is 13.6 Å². The largest absolute Gasteiger partial charge is 0.253 e. The summed E-state index contributed by atoms with van der Waals surface area (Å²) in [5.74, 6) is 1.35. The molecular formula is C10H19N2+. The van der Waals surface area contributed by atoms with Crippen LogP contribution in [-0.2, 0) is 13.6 Å². The predicted octanol–water partition coefficient (Wildman–Crippen LogP) is 1.65. The van der Waals surface area contributed by atoms with Crippen molar-refractivity contribution in [1.29, 1.82) is 0 Å². The van der Waals surface area contributed by atoms with Crippen molar-refractivity contribution in [3.8, 4) is 0 Å². The Morgan fingerprint density at radius 2 is 1.83 bits per heavy atom. The average molecular weight is 167 g/mol. The molecule has 0 radical (unpaired) electrons. The van der Waals surface area contributed by atoms with E-state index in [0.717, 1.165) is 6.54 Å². The maximum Gasteiger partial charge on any atom is 0.253 e. The molecule has 0 aromatic carbocycles. The van der Waals surface area contributed by atoms with Crippen LogP contribution in [0, 0.1) is 20.8 Å². The van der Waals surface area contributed by atoms with Crippen LogP contribution in [0.15, 0.2) is 0 Å². The SMILES string of the molecule is CCCn1c(C)c(C)[n+](C)c1C. The highest BCUT2D eigenvalue weighted by atomic mass is 15.2. The predicted molar refractivity (Wildman–Crippen MR) is 50.1 cm³/mol. The van der Waals surface area contributed by atoms with Gasteiger partial charge < -0.3 is 0 Å². The molecule has 1 aromatic heterocycles. The van der Waals surface area contributed by atoms with E-state index in [1.807, 2.05) is 0 Å². The van der Waals surface area contributed by atoms with Crippen molar-refractivity contribution < 1.29 is 4.57 Å². The summed E-state index contributed by atoms with van der Waals surface area (Å²) in [6, 6.07) is 0. The second-order valence-electron chi connectivity index (χ2n) is 3.43. The van der Waals surface area contributed by atoms with Crippen molar-refractivity contribution in [3.63, 3.8) is 0 Å². The lowest BCUT2D eigenvalue weighted by atomic mass is 10.3. The Morgan fingerprint density at radius 1 is 1.25 bits per heavy atom. The minimum Gasteiger partial charge on any atom is -0.234 e. The average Bonchev–Trinajstić information content (AvgIpc) is 2.23. The zero-order valence-electron chi connectivity index (χ0n) is 8.81. The Labute approximate surface area is 74.8 Å². The van der Waals surface area contributed by atoms with E-state index in [1.54, 1.807) is 0 Å². The molecular weight excluding hydrogens is 148 g/mol. The molecule has 0 amide bonds. The highest BCUT2D eigenvalue weighted by molar-refractivity contribution is 5.06. The third-order valence-electron chi connectivity index (χ3n) is 2.75. The van der Waals surface area contributed by atoms with Gasteiger partial charge in [0.2, 0.25) is 0 Å². The van der Waals surface area contributed by atoms with Crippen LogP contribution in [0.4, 0.5) is 0 Å². The van der Waals surface area contributed by atoms with Crippen LogP contribution in [0.3, 0.4) is 0 Å². The van der Waals surface area contributed by atoms with E-state index in [-0.39, 0.29) is 0 Å². The Bertz CT molecular complexity index is 259. The fourth-order valence-corrected chi connectivity index (χ4v) is 1.66. The van der Waals surface area contributed by atoms with Crippen molar-refractivity contribution in [1.82, 2.24) is 4.57 Å². The molecule has 2 heteroatoms. The molecule has 1 rings (SSSR count). The van der Waals surface area contributed by atoms with Gasteiger partial charge in [0.15, 0.2) is 0 Å². The van der Waals surface area contributed by atoms with Gasteiger partial charge in [-0.2, -0.15) is 0 Å². The Balaban J connectivity index is 3.18. The first-order valence-corrected chi connectivity index (χ1v) is 4.61. The van der Waals surface area contributed by atoms with E-state index in [4.69, 9.17) is 0 Å². The monoisotopic (exact) mass is 167 g/mol. The number of rotatable bonds is 2. The van der Waals surface area contributed by atoms with Gasteiger partial charge in [-0.05, 0) is 6.42 Å². The standard InChI is InChI=1S/C10H19N2/c1-6-7-12-9(3)8(2)11(5)10(12)4/h6-7H2,1-5H3/q+1. The molecule has 0 spiro atoms. The first-order valence-electron chi connectivity index (χ1n) is 4.61. The van der Waals surface area contributed by atoms with E-state index in [0.29, 0.717) is 0 Å². The van der Waals surface area contributed by atoms with Crippen LogP contribution in [-0.4, -0.2) is 4.57 Å². The van der Waals surface area contributed by atoms with E-state index < -0.39 is 0 Å². The van der Waals surface area contributed by atoms with Crippen molar-refractivity contribution >= 4 is 0 Å². The van der Waals surface area contributed by atoms with Gasteiger partial charge in [-0.25, -0.2) is 9.13 Å². The normalized spacial score (nSPS) is 10.8. The van der Waals surface area contributed by atoms with Gasteiger partial charge in [0.1, 0.15) is 11.4 Å². The van der Waals surface area contributed by atoms with Crippen LogP contribution in [0.2, 0.25) is 0 Å². The smallest absolute Gasteiger partial charge is 0.234 e. The number of hydrogen-bond donors (Lipinski definition) is 0. The first-order chi connectivity index (χ1) is 5.59. The fourth-order valence-electron chi connectivity index (χ4n) is 1.66. The van der Waals surface area contributed by atoms with Crippen LogP contribution in [0.25, 0.3) is 0 Å². The fraction of sp³-hybridized carbons (Fsp3) is 0.700. The lowest BCUT2D eigenvalue weighted by Crippen LogP contribution is -2.33. The summed E-state index contributed by atoms with van der Waals surface area (Å²) < 4.78 is 4.64. The zero-order chi connectivity index (χ0) is 9.30. The Morgan fingerprint density at radius 3 is 2.17 bits per heavy atom. The Kier molecular flexibility index (Phi) is 2.55. The third kappa shape index (κ3) is 1.26. The van der Waals surface area contributed by atoms with Crippen LogP contribution in [0.1, 0.15) is 30.6 Å². The van der Waals surface area contributed by atoms with E-state index in [9.17, 15) is 0 Å². The van der Waals surface area contributed by atoms with Crippen LogP contribution < -0.4 is 4.57 Å². The molecule has 0 N–H and O–H groups in total. The highest BCUT2D eigenvalue weighted by Gasteiger charge is 2.17. The molecule has 0 aliphatic carbocycles. The summed E-state index contributed by atoms with van der Waals surface area (Å²) >= 11 is 0. The van der Waals surface area contributed by atoms with Gasteiger partial charge >= 0.3 is 0 Å². The lowest BCUT2D eigenvalue weighted by molar-refractivity contribution is -0.683. The summed E-state index contributed by atoms with van der Waals surface area (Å²) in [6.45, 7) is 9.90. The summed E-state index contributed by atoms with van der Waals surface area (Å²) in [7, 11) is 2.13. The topological polar surface area (TPSA) is 8.81 Å². The number of imidazole rings is 1. The van der Waals surface area contributed by atoms with Crippen molar-refractivity contribution in [2.45, 2.75) is 40.7 Å². The molecule has 0 aliphatic heterocycles. The van der Waals surface area contributed by atoms with Gasteiger partial charge in [-0.3, -0.25) is 0 Å². The number of nitrogens with zero attached hydrogens (tertiary/aromatic N) is 2. The molecule has 12 heavy (non-hydrogen) atoms. The van der Waals surface area contributed by atoms with Gasteiger partial charge in [0.25, 0.3) is 5.82 Å². The van der Waals surface area contributed by atoms with Crippen LogP contribution >= 0.6 is 0 Å². The third-order valence-corrected chi connectivity index (χ3v) is 2.75. The molecule has 0 saturated carbocycles. The van der Waals surface area contributed by atoms with Gasteiger partial charge in [-0.1, -0.05) is 6.92 Å². The number of hydrogen-bond acceptors (Lipinski definition) is 0. The molecule has 0 bridgehead atoms. The molecule has 0 aliphatic rings. The second kappa shape index (κ2) is 3.30. The highest BCUT2D eigenvalue weighted by Crippen LogP contribution is 2.07. The van der Waals surface area contributed by atoms with Crippen LogP contribution in [0.5, 0.6) is 0 Å². The minimum atomic E-state index is 1.14. The molecule has 68 valence electrons. The van der Waals surface area contributed by atoms with E-state index in [2.05, 4.69) is 43.9 Å². The lowest BCUT2D eigenvalue weighted by Gasteiger charge is -1.96. The maximum absolute atomic E-state index is 2.38. The molecule has 0 atom stereocenters. The second-order valence-corrected chi connectivity index (χ2v) is 3.43. The molecule has 0 saturated heterocycles. The molecule has 1 aromatic rings. The molecule has 0 fully saturated rings. The first kappa shape index (κ1) is 9.30.